The Morgan fingerprint density at radius 1 is 1.17 bits per heavy atom. The minimum Gasteiger partial charge on any atom is -0.459 e. The van der Waals surface area contributed by atoms with Gasteiger partial charge in [-0.2, -0.15) is 28.1 Å². The molecule has 0 saturated heterocycles. The van der Waals surface area contributed by atoms with Gasteiger partial charge in [-0.3, -0.25) is 0 Å². The first-order valence-electron chi connectivity index (χ1n) is 6.76. The quantitative estimate of drug-likeness (QED) is 0.708. The smallest absolute Gasteiger partial charge is 0.451 e. The number of nitrogens with one attached hydrogen (secondary N) is 1. The van der Waals surface area contributed by atoms with Crippen LogP contribution < -0.4 is 11.1 Å². The Balaban J connectivity index is 1.88. The first-order chi connectivity index (χ1) is 11.2. The number of rotatable bonds is 3. The maximum Gasteiger partial charge on any atom is 0.451 e. The maximum absolute atomic E-state index is 13.2. The van der Waals surface area contributed by atoms with E-state index in [-0.39, 0.29) is 5.95 Å². The average Bonchev–Trinajstić information content (AvgIpc) is 2.88. The molecule has 3 rings (SSSR count). The molecule has 3 aromatic rings. The molecular weight excluding hydrogens is 330 g/mol. The lowest BCUT2D eigenvalue weighted by molar-refractivity contribution is -0.144. The summed E-state index contributed by atoms with van der Waals surface area (Å²) in [6.07, 6.45) is -4.74. The summed E-state index contributed by atoms with van der Waals surface area (Å²) in [6.45, 7) is 1.63. The molecule has 0 aliphatic rings. The monoisotopic (exact) mass is 341 g/mol. The summed E-state index contributed by atoms with van der Waals surface area (Å²) in [6, 6.07) is 4.99. The molecule has 0 spiro atoms. The van der Waals surface area contributed by atoms with Crippen LogP contribution in [-0.4, -0.2) is 15.0 Å². The number of aromatic nitrogens is 3. The molecule has 0 fully saturated rings. The van der Waals surface area contributed by atoms with Gasteiger partial charge in [0.15, 0.2) is 0 Å². The van der Waals surface area contributed by atoms with Gasteiger partial charge in [0.05, 0.1) is 6.04 Å². The minimum atomic E-state index is -4.74. The second kappa shape index (κ2) is 5.62. The van der Waals surface area contributed by atoms with E-state index in [2.05, 4.69) is 20.3 Å². The zero-order valence-corrected chi connectivity index (χ0v) is 12.2. The number of furan rings is 1. The van der Waals surface area contributed by atoms with Crippen molar-refractivity contribution in [3.63, 3.8) is 0 Å². The highest BCUT2D eigenvalue weighted by atomic mass is 19.4. The van der Waals surface area contributed by atoms with E-state index in [1.807, 2.05) is 0 Å². The summed E-state index contributed by atoms with van der Waals surface area (Å²) in [5, 5.41) is 3.19. The van der Waals surface area contributed by atoms with Crippen LogP contribution in [-0.2, 0) is 6.18 Å². The number of anilines is 2. The van der Waals surface area contributed by atoms with Crippen LogP contribution in [0.4, 0.5) is 29.5 Å². The summed E-state index contributed by atoms with van der Waals surface area (Å²) >= 11 is 0. The molecule has 2 aromatic heterocycles. The Hall–Kier alpha value is -2.91. The Morgan fingerprint density at radius 3 is 2.62 bits per heavy atom. The Labute approximate surface area is 132 Å². The highest BCUT2D eigenvalue weighted by Gasteiger charge is 2.35. The molecule has 0 bridgehead atoms. The molecule has 0 aliphatic carbocycles. The van der Waals surface area contributed by atoms with E-state index in [1.165, 1.54) is 18.2 Å². The van der Waals surface area contributed by atoms with E-state index in [1.54, 1.807) is 13.0 Å². The van der Waals surface area contributed by atoms with Crippen LogP contribution in [0.5, 0.6) is 0 Å². The lowest BCUT2D eigenvalue weighted by atomic mass is 10.2. The number of nitrogen functional groups attached to an aromatic ring is 1. The number of alkyl halides is 3. The van der Waals surface area contributed by atoms with E-state index in [0.29, 0.717) is 16.7 Å². The highest BCUT2D eigenvalue weighted by molar-refractivity contribution is 5.78. The third kappa shape index (κ3) is 3.21. The second-order valence-corrected chi connectivity index (χ2v) is 5.04. The lowest BCUT2D eigenvalue weighted by Gasteiger charge is -2.13. The number of hydrogen-bond donors (Lipinski definition) is 2. The summed E-state index contributed by atoms with van der Waals surface area (Å²) in [7, 11) is 0. The Bertz CT molecular complexity index is 892. The zero-order chi connectivity index (χ0) is 17.5. The Morgan fingerprint density at radius 2 is 1.92 bits per heavy atom. The van der Waals surface area contributed by atoms with Gasteiger partial charge in [0.25, 0.3) is 0 Å². The number of halogens is 4. The van der Waals surface area contributed by atoms with E-state index in [0.717, 1.165) is 0 Å². The Kier molecular flexibility index (Phi) is 3.74. The van der Waals surface area contributed by atoms with E-state index < -0.39 is 29.8 Å². The lowest BCUT2D eigenvalue weighted by Crippen LogP contribution is -2.17. The van der Waals surface area contributed by atoms with Crippen LogP contribution in [0.25, 0.3) is 11.0 Å². The van der Waals surface area contributed by atoms with Crippen molar-refractivity contribution < 1.29 is 22.0 Å². The third-order valence-electron chi connectivity index (χ3n) is 3.18. The maximum atomic E-state index is 13.2. The first-order valence-corrected chi connectivity index (χ1v) is 6.76. The van der Waals surface area contributed by atoms with Crippen LogP contribution in [0.1, 0.15) is 24.6 Å². The fourth-order valence-electron chi connectivity index (χ4n) is 2.10. The van der Waals surface area contributed by atoms with E-state index in [4.69, 9.17) is 10.2 Å². The molecule has 1 unspecified atom stereocenters. The fraction of sp³-hybridized carbons (Fsp3) is 0.214. The van der Waals surface area contributed by atoms with Crippen LogP contribution in [0, 0.1) is 5.82 Å². The summed E-state index contributed by atoms with van der Waals surface area (Å²) in [4.78, 5) is 9.98. The molecular formula is C14H11F4N5O. The fourth-order valence-corrected chi connectivity index (χ4v) is 2.10. The van der Waals surface area contributed by atoms with Crippen molar-refractivity contribution in [2.75, 3.05) is 11.1 Å². The first kappa shape index (κ1) is 16.0. The van der Waals surface area contributed by atoms with Crippen molar-refractivity contribution in [1.82, 2.24) is 15.0 Å². The van der Waals surface area contributed by atoms with Crippen molar-refractivity contribution in [3.8, 4) is 0 Å². The van der Waals surface area contributed by atoms with Gasteiger partial charge in [-0.1, -0.05) is 0 Å². The second-order valence-electron chi connectivity index (χ2n) is 5.04. The molecule has 2 heterocycles. The van der Waals surface area contributed by atoms with Gasteiger partial charge in [0.1, 0.15) is 17.2 Å². The van der Waals surface area contributed by atoms with Crippen molar-refractivity contribution in [1.29, 1.82) is 0 Å². The zero-order valence-electron chi connectivity index (χ0n) is 12.2. The topological polar surface area (TPSA) is 89.9 Å². The predicted molar refractivity (Wildman–Crippen MR) is 77.5 cm³/mol. The number of hydrogen-bond acceptors (Lipinski definition) is 6. The average molecular weight is 341 g/mol. The highest BCUT2D eigenvalue weighted by Crippen LogP contribution is 2.29. The molecule has 0 saturated carbocycles. The molecule has 0 aliphatic heterocycles. The van der Waals surface area contributed by atoms with Gasteiger partial charge >= 0.3 is 6.18 Å². The number of nitrogens with two attached hydrogens (primary N) is 1. The minimum absolute atomic E-state index is 0.339. The third-order valence-corrected chi connectivity index (χ3v) is 3.18. The number of nitrogens with zero attached hydrogens (tertiary/aromatic N) is 3. The van der Waals surface area contributed by atoms with Crippen molar-refractivity contribution >= 4 is 22.9 Å². The largest absolute Gasteiger partial charge is 0.459 e. The standard InChI is InChI=1S/C14H11F4N5O/c1-6(10-5-7-4-8(15)2-3-9(7)24-10)20-13-22-11(14(16,17)18)21-12(19)23-13/h2-6H,1H3,(H3,19,20,21,22,23). The molecule has 6 nitrogen and oxygen atoms in total. The van der Waals surface area contributed by atoms with Gasteiger partial charge in [-0.05, 0) is 31.2 Å². The van der Waals surface area contributed by atoms with Crippen LogP contribution >= 0.6 is 0 Å². The van der Waals surface area contributed by atoms with Crippen LogP contribution in [0.3, 0.4) is 0 Å². The van der Waals surface area contributed by atoms with Gasteiger partial charge in [-0.25, -0.2) is 4.39 Å². The predicted octanol–water partition coefficient (Wildman–Crippen LogP) is 3.53. The van der Waals surface area contributed by atoms with Gasteiger partial charge in [-0.15, -0.1) is 0 Å². The molecule has 10 heteroatoms. The van der Waals surface area contributed by atoms with Gasteiger partial charge in [0.2, 0.25) is 17.7 Å². The number of fused-ring (bicyclic) bond motifs is 1. The van der Waals surface area contributed by atoms with Gasteiger partial charge in [0, 0.05) is 5.39 Å². The molecule has 0 radical (unpaired) electrons. The SMILES string of the molecule is CC(Nc1nc(N)nc(C(F)(F)F)n1)c1cc2cc(F)ccc2o1. The molecule has 24 heavy (non-hydrogen) atoms. The van der Waals surface area contributed by atoms with Crippen LogP contribution in [0.2, 0.25) is 0 Å². The molecule has 126 valence electrons. The molecule has 3 N–H and O–H groups in total. The summed E-state index contributed by atoms with van der Waals surface area (Å²) < 4.78 is 56.8. The van der Waals surface area contributed by atoms with Crippen LogP contribution in [0.15, 0.2) is 28.7 Å². The van der Waals surface area contributed by atoms with E-state index >= 15 is 0 Å². The van der Waals surface area contributed by atoms with Crippen molar-refractivity contribution in [2.45, 2.75) is 19.1 Å². The summed E-state index contributed by atoms with van der Waals surface area (Å²) in [5.41, 5.74) is 5.73. The van der Waals surface area contributed by atoms with Crippen molar-refractivity contribution in [2.24, 2.45) is 0 Å². The normalized spacial score (nSPS) is 13.2. The molecule has 0 amide bonds. The van der Waals surface area contributed by atoms with Gasteiger partial charge < -0.3 is 15.5 Å². The van der Waals surface area contributed by atoms with E-state index in [9.17, 15) is 17.6 Å². The number of benzene rings is 1. The van der Waals surface area contributed by atoms with Crippen molar-refractivity contribution in [3.05, 3.63) is 41.7 Å². The summed E-state index contributed by atoms with van der Waals surface area (Å²) in [5.74, 6) is -2.33. The molecule has 1 atom stereocenters. The molecule has 1 aromatic carbocycles.